The van der Waals surface area contributed by atoms with Gasteiger partial charge in [0.15, 0.2) is 0 Å². The van der Waals surface area contributed by atoms with Crippen LogP contribution in [0.2, 0.25) is 5.02 Å². The topological polar surface area (TPSA) is 59.6 Å². The van der Waals surface area contributed by atoms with Crippen LogP contribution in [0.5, 0.6) is 5.75 Å². The van der Waals surface area contributed by atoms with E-state index in [2.05, 4.69) is 10.6 Å². The van der Waals surface area contributed by atoms with E-state index in [0.29, 0.717) is 23.9 Å². The van der Waals surface area contributed by atoms with Crippen LogP contribution in [0.15, 0.2) is 18.2 Å². The maximum Gasteiger partial charge on any atom is 0.242 e. The molecule has 0 bridgehead atoms. The van der Waals surface area contributed by atoms with E-state index < -0.39 is 0 Å². The minimum atomic E-state index is -0.344. The van der Waals surface area contributed by atoms with Crippen LogP contribution in [-0.2, 0) is 9.53 Å². The maximum absolute atomic E-state index is 11.9. The summed E-state index contributed by atoms with van der Waals surface area (Å²) in [5, 5.41) is 6.48. The van der Waals surface area contributed by atoms with Crippen molar-refractivity contribution in [1.29, 1.82) is 0 Å². The maximum atomic E-state index is 11.9. The first-order chi connectivity index (χ1) is 9.58. The molecule has 5 nitrogen and oxygen atoms in total. The number of rotatable bonds is 8. The molecule has 1 atom stereocenters. The number of halogens is 1. The van der Waals surface area contributed by atoms with Gasteiger partial charge in [0.25, 0.3) is 0 Å². The van der Waals surface area contributed by atoms with E-state index in [1.807, 2.05) is 0 Å². The second-order valence-corrected chi connectivity index (χ2v) is 4.76. The number of anilines is 1. The minimum Gasteiger partial charge on any atom is -0.495 e. The zero-order chi connectivity index (χ0) is 15.0. The van der Waals surface area contributed by atoms with Crippen LogP contribution in [-0.4, -0.2) is 39.3 Å². The molecule has 1 rings (SSSR count). The highest BCUT2D eigenvalue weighted by Crippen LogP contribution is 2.27. The van der Waals surface area contributed by atoms with Crippen molar-refractivity contribution in [2.75, 3.05) is 32.7 Å². The Morgan fingerprint density at radius 3 is 2.80 bits per heavy atom. The normalized spacial score (nSPS) is 11.8. The van der Waals surface area contributed by atoms with E-state index in [-0.39, 0.29) is 11.9 Å². The fourth-order valence-corrected chi connectivity index (χ4v) is 1.84. The van der Waals surface area contributed by atoms with Gasteiger partial charge in [0.1, 0.15) is 11.8 Å². The van der Waals surface area contributed by atoms with Gasteiger partial charge in [-0.1, -0.05) is 11.6 Å². The molecule has 0 fully saturated rings. The first-order valence-electron chi connectivity index (χ1n) is 6.45. The van der Waals surface area contributed by atoms with Crippen LogP contribution >= 0.6 is 11.6 Å². The molecule has 0 heterocycles. The molecular weight excluding hydrogens is 280 g/mol. The summed E-state index contributed by atoms with van der Waals surface area (Å²) in [7, 11) is 3.19. The summed E-state index contributed by atoms with van der Waals surface area (Å²) < 4.78 is 10.1. The van der Waals surface area contributed by atoms with Gasteiger partial charge in [0, 0.05) is 32.0 Å². The number of carbonyl (C=O) groups is 1. The number of carbonyl (C=O) groups excluding carboxylic acids is 1. The highest BCUT2D eigenvalue weighted by Gasteiger charge is 2.12. The third kappa shape index (κ3) is 5.27. The van der Waals surface area contributed by atoms with Crippen LogP contribution in [0.4, 0.5) is 5.69 Å². The first kappa shape index (κ1) is 16.6. The van der Waals surface area contributed by atoms with Crippen molar-refractivity contribution in [2.45, 2.75) is 19.4 Å². The number of amides is 1. The predicted octanol–water partition coefficient (Wildman–Crippen LogP) is 2.30. The van der Waals surface area contributed by atoms with E-state index in [1.54, 1.807) is 39.3 Å². The molecule has 0 saturated heterocycles. The average Bonchev–Trinajstić information content (AvgIpc) is 2.45. The van der Waals surface area contributed by atoms with E-state index >= 15 is 0 Å². The molecule has 0 aliphatic rings. The lowest BCUT2D eigenvalue weighted by Gasteiger charge is -2.16. The van der Waals surface area contributed by atoms with Gasteiger partial charge in [-0.15, -0.1) is 0 Å². The Kier molecular flexibility index (Phi) is 7.18. The van der Waals surface area contributed by atoms with Gasteiger partial charge in [-0.3, -0.25) is 4.79 Å². The number of benzene rings is 1. The van der Waals surface area contributed by atoms with Crippen molar-refractivity contribution in [2.24, 2.45) is 0 Å². The van der Waals surface area contributed by atoms with Gasteiger partial charge in [0.05, 0.1) is 12.1 Å². The molecule has 112 valence electrons. The number of hydrogen-bond acceptors (Lipinski definition) is 4. The Hall–Kier alpha value is -1.46. The highest BCUT2D eigenvalue weighted by atomic mass is 35.5. The van der Waals surface area contributed by atoms with Gasteiger partial charge >= 0.3 is 0 Å². The third-order valence-corrected chi connectivity index (χ3v) is 3.06. The molecule has 0 spiro atoms. The summed E-state index contributed by atoms with van der Waals surface area (Å²) >= 11 is 5.95. The Morgan fingerprint density at radius 1 is 1.40 bits per heavy atom. The van der Waals surface area contributed by atoms with Crippen molar-refractivity contribution in [3.8, 4) is 5.75 Å². The number of ether oxygens (including phenoxy) is 2. The Labute approximate surface area is 124 Å². The molecule has 0 radical (unpaired) electrons. The monoisotopic (exact) mass is 300 g/mol. The standard InChI is InChI=1S/C14H21ClN2O3/c1-10(14(18)16-7-4-8-19-2)17-11-5-6-12(15)13(9-11)20-3/h5-6,9-10,17H,4,7-8H2,1-3H3,(H,16,18). The second-order valence-electron chi connectivity index (χ2n) is 4.35. The quantitative estimate of drug-likeness (QED) is 0.723. The molecule has 1 aromatic rings. The van der Waals surface area contributed by atoms with Crippen LogP contribution in [0.25, 0.3) is 0 Å². The zero-order valence-corrected chi connectivity index (χ0v) is 12.8. The minimum absolute atomic E-state index is 0.0602. The number of hydrogen-bond donors (Lipinski definition) is 2. The number of nitrogens with one attached hydrogen (secondary N) is 2. The van der Waals surface area contributed by atoms with Crippen LogP contribution in [0.1, 0.15) is 13.3 Å². The summed E-state index contributed by atoms with van der Waals surface area (Å²) in [6.45, 7) is 3.03. The van der Waals surface area contributed by atoms with Gasteiger partial charge in [-0.25, -0.2) is 0 Å². The lowest BCUT2D eigenvalue weighted by atomic mass is 10.2. The van der Waals surface area contributed by atoms with E-state index in [4.69, 9.17) is 21.1 Å². The molecule has 20 heavy (non-hydrogen) atoms. The van der Waals surface area contributed by atoms with Gasteiger partial charge in [0.2, 0.25) is 5.91 Å². The van der Waals surface area contributed by atoms with Crippen molar-refractivity contribution >= 4 is 23.2 Å². The van der Waals surface area contributed by atoms with Crippen LogP contribution in [0.3, 0.4) is 0 Å². The van der Waals surface area contributed by atoms with Gasteiger partial charge < -0.3 is 20.1 Å². The SMILES string of the molecule is COCCCNC(=O)C(C)Nc1ccc(Cl)c(OC)c1. The molecule has 1 unspecified atom stereocenters. The molecular formula is C14H21ClN2O3. The average molecular weight is 301 g/mol. The Balaban J connectivity index is 2.48. The summed E-state index contributed by atoms with van der Waals surface area (Å²) in [6, 6.07) is 4.95. The fourth-order valence-electron chi connectivity index (χ4n) is 1.65. The van der Waals surface area contributed by atoms with E-state index in [9.17, 15) is 4.79 Å². The smallest absolute Gasteiger partial charge is 0.242 e. The molecule has 1 aromatic carbocycles. The molecule has 0 saturated carbocycles. The highest BCUT2D eigenvalue weighted by molar-refractivity contribution is 6.32. The van der Waals surface area contributed by atoms with Crippen molar-refractivity contribution in [3.63, 3.8) is 0 Å². The van der Waals surface area contributed by atoms with Gasteiger partial charge in [-0.2, -0.15) is 0 Å². The Morgan fingerprint density at radius 2 is 2.15 bits per heavy atom. The predicted molar refractivity (Wildman–Crippen MR) is 80.6 cm³/mol. The van der Waals surface area contributed by atoms with Gasteiger partial charge in [-0.05, 0) is 25.5 Å². The first-order valence-corrected chi connectivity index (χ1v) is 6.83. The molecule has 0 aliphatic heterocycles. The summed E-state index contributed by atoms with van der Waals surface area (Å²) in [5.74, 6) is 0.513. The Bertz CT molecular complexity index is 440. The van der Waals surface area contributed by atoms with Crippen molar-refractivity contribution in [1.82, 2.24) is 5.32 Å². The van der Waals surface area contributed by atoms with E-state index in [0.717, 1.165) is 12.1 Å². The largest absolute Gasteiger partial charge is 0.495 e. The summed E-state index contributed by atoms with van der Waals surface area (Å²) in [4.78, 5) is 11.9. The van der Waals surface area contributed by atoms with Crippen LogP contribution < -0.4 is 15.4 Å². The summed E-state index contributed by atoms with van der Waals surface area (Å²) in [5.41, 5.74) is 0.783. The fraction of sp³-hybridized carbons (Fsp3) is 0.500. The molecule has 0 aromatic heterocycles. The molecule has 6 heteroatoms. The van der Waals surface area contributed by atoms with E-state index in [1.165, 1.54) is 0 Å². The lowest BCUT2D eigenvalue weighted by Crippen LogP contribution is -2.38. The molecule has 1 amide bonds. The molecule has 2 N–H and O–H groups in total. The summed E-state index contributed by atoms with van der Waals surface area (Å²) in [6.07, 6.45) is 0.795. The van der Waals surface area contributed by atoms with Crippen molar-refractivity contribution < 1.29 is 14.3 Å². The lowest BCUT2D eigenvalue weighted by molar-refractivity contribution is -0.121. The third-order valence-electron chi connectivity index (χ3n) is 2.75. The second kappa shape index (κ2) is 8.66. The van der Waals surface area contributed by atoms with Crippen LogP contribution in [0, 0.1) is 0 Å². The molecule has 0 aliphatic carbocycles. The zero-order valence-electron chi connectivity index (χ0n) is 12.0. The van der Waals surface area contributed by atoms with Crippen molar-refractivity contribution in [3.05, 3.63) is 23.2 Å². The number of methoxy groups -OCH3 is 2.